The molecule has 1 aromatic rings. The van der Waals surface area contributed by atoms with Gasteiger partial charge in [0.05, 0.1) is 0 Å². The molecule has 83 valence electrons. The molecule has 1 aromatic heterocycles. The molecule has 0 aliphatic heterocycles. The molecule has 0 aliphatic carbocycles. The van der Waals surface area contributed by atoms with Crippen LogP contribution >= 0.6 is 0 Å². The van der Waals surface area contributed by atoms with Crippen molar-refractivity contribution < 1.29 is 9.53 Å². The first-order chi connectivity index (χ1) is 6.90. The fourth-order valence-electron chi connectivity index (χ4n) is 1.00. The van der Waals surface area contributed by atoms with E-state index in [9.17, 15) is 4.79 Å². The zero-order chi connectivity index (χ0) is 11.5. The second-order valence-corrected chi connectivity index (χ2v) is 4.24. The van der Waals surface area contributed by atoms with Gasteiger partial charge in [-0.15, -0.1) is 0 Å². The first-order valence-electron chi connectivity index (χ1n) is 4.77. The van der Waals surface area contributed by atoms with Crippen LogP contribution in [0.15, 0.2) is 24.5 Å². The van der Waals surface area contributed by atoms with E-state index in [1.54, 1.807) is 31.6 Å². The van der Waals surface area contributed by atoms with Crippen molar-refractivity contribution in [2.75, 3.05) is 11.9 Å². The Morgan fingerprint density at radius 1 is 1.31 bits per heavy atom. The number of carbonyl (C=O) groups is 1. The van der Waals surface area contributed by atoms with Crippen LogP contribution in [-0.2, 0) is 4.74 Å². The van der Waals surface area contributed by atoms with Gasteiger partial charge in [0, 0.05) is 76.5 Å². The largest absolute Gasteiger partial charge is 0.443 e. The van der Waals surface area contributed by atoms with E-state index >= 15 is 0 Å². The van der Waals surface area contributed by atoms with Gasteiger partial charge in [-0.1, -0.05) is 0 Å². The molecule has 0 aliphatic rings. The van der Waals surface area contributed by atoms with E-state index in [1.165, 1.54) is 4.90 Å². The molecule has 0 spiro atoms. The zero-order valence-electron chi connectivity index (χ0n) is 10.5. The summed E-state index contributed by atoms with van der Waals surface area (Å²) in [5.74, 6) is 0. The first-order valence-corrected chi connectivity index (χ1v) is 4.77. The molecule has 0 aromatic carbocycles. The summed E-state index contributed by atoms with van der Waals surface area (Å²) in [7, 11) is 1.67. The molecule has 1 heterocycles. The van der Waals surface area contributed by atoms with Crippen molar-refractivity contribution in [3.05, 3.63) is 24.5 Å². The maximum Gasteiger partial charge on any atom is 0.414 e. The van der Waals surface area contributed by atoms with E-state index in [1.807, 2.05) is 20.8 Å². The Balaban J connectivity index is 0.00000225. The molecule has 0 unspecified atom stereocenters. The molecule has 0 saturated carbocycles. The standard InChI is InChI=1S/C11H16N2O2.K/c1-11(2,3)15-10(14)13(4)9-5-7-12-8-6-9;/h5-8H,1-4H3;. The average molecular weight is 247 g/mol. The van der Waals surface area contributed by atoms with Gasteiger partial charge in [0.25, 0.3) is 0 Å². The molecule has 4 nitrogen and oxygen atoms in total. The Kier molecular flexibility index (Phi) is 6.73. The van der Waals surface area contributed by atoms with E-state index in [-0.39, 0.29) is 57.5 Å². The summed E-state index contributed by atoms with van der Waals surface area (Å²) in [6, 6.07) is 3.51. The molecule has 16 heavy (non-hydrogen) atoms. The number of anilines is 1. The van der Waals surface area contributed by atoms with Gasteiger partial charge in [0.15, 0.2) is 0 Å². The fraction of sp³-hybridized carbons (Fsp3) is 0.455. The minimum Gasteiger partial charge on any atom is -0.443 e. The van der Waals surface area contributed by atoms with E-state index < -0.39 is 5.60 Å². The average Bonchev–Trinajstić information content (AvgIpc) is 2.15. The van der Waals surface area contributed by atoms with Crippen LogP contribution in [-0.4, -0.2) is 75.1 Å². The smallest absolute Gasteiger partial charge is 0.414 e. The van der Waals surface area contributed by atoms with Gasteiger partial charge in [-0.05, 0) is 32.9 Å². The Labute approximate surface area is 139 Å². The van der Waals surface area contributed by atoms with Gasteiger partial charge in [-0.25, -0.2) is 4.79 Å². The minimum absolute atomic E-state index is 0. The molecular formula is C11H16KN2O2. The van der Waals surface area contributed by atoms with Crippen LogP contribution in [0.25, 0.3) is 0 Å². The SMILES string of the molecule is CN(C(=O)OC(C)(C)C)c1ccncc1.[K]. The van der Waals surface area contributed by atoms with Gasteiger partial charge in [0.1, 0.15) is 5.60 Å². The minimum atomic E-state index is -0.474. The third kappa shape index (κ3) is 5.40. The van der Waals surface area contributed by atoms with Gasteiger partial charge in [0.2, 0.25) is 0 Å². The van der Waals surface area contributed by atoms with Crippen molar-refractivity contribution in [3.63, 3.8) is 0 Å². The van der Waals surface area contributed by atoms with Gasteiger partial charge < -0.3 is 4.74 Å². The Morgan fingerprint density at radius 3 is 2.25 bits per heavy atom. The van der Waals surface area contributed by atoms with Crippen molar-refractivity contribution in [1.82, 2.24) is 4.98 Å². The fourth-order valence-corrected chi connectivity index (χ4v) is 1.00. The topological polar surface area (TPSA) is 42.4 Å². The molecule has 1 amide bonds. The van der Waals surface area contributed by atoms with Gasteiger partial charge in [-0.3, -0.25) is 9.88 Å². The summed E-state index contributed by atoms with van der Waals surface area (Å²) in [5, 5.41) is 0. The second-order valence-electron chi connectivity index (χ2n) is 4.24. The number of aromatic nitrogens is 1. The van der Waals surface area contributed by atoms with Crippen LogP contribution < -0.4 is 4.90 Å². The third-order valence-corrected chi connectivity index (χ3v) is 1.72. The maximum atomic E-state index is 11.6. The number of pyridine rings is 1. The van der Waals surface area contributed by atoms with E-state index in [0.717, 1.165) is 5.69 Å². The Morgan fingerprint density at radius 2 is 1.81 bits per heavy atom. The summed E-state index contributed by atoms with van der Waals surface area (Å²) < 4.78 is 5.22. The van der Waals surface area contributed by atoms with Crippen LogP contribution in [0.2, 0.25) is 0 Å². The number of carbonyl (C=O) groups excluding carboxylic acids is 1. The normalized spacial score (nSPS) is 10.2. The van der Waals surface area contributed by atoms with Crippen LogP contribution in [0.4, 0.5) is 10.5 Å². The van der Waals surface area contributed by atoms with Crippen molar-refractivity contribution >= 4 is 63.2 Å². The molecule has 0 N–H and O–H groups in total. The predicted molar refractivity (Wildman–Crippen MR) is 64.6 cm³/mol. The second kappa shape index (κ2) is 6.71. The Hall–Kier alpha value is 0.0564. The van der Waals surface area contributed by atoms with Crippen molar-refractivity contribution in [1.29, 1.82) is 0 Å². The van der Waals surface area contributed by atoms with Crippen LogP contribution in [0.1, 0.15) is 20.8 Å². The molecular weight excluding hydrogens is 231 g/mol. The first kappa shape index (κ1) is 16.1. The van der Waals surface area contributed by atoms with Crippen LogP contribution in [0.5, 0.6) is 0 Å². The summed E-state index contributed by atoms with van der Waals surface area (Å²) >= 11 is 0. The molecule has 1 rings (SSSR count). The summed E-state index contributed by atoms with van der Waals surface area (Å²) in [5.41, 5.74) is 0.289. The number of hydrogen-bond donors (Lipinski definition) is 0. The zero-order valence-corrected chi connectivity index (χ0v) is 13.6. The number of rotatable bonds is 1. The van der Waals surface area contributed by atoms with Crippen LogP contribution in [0.3, 0.4) is 0 Å². The summed E-state index contributed by atoms with van der Waals surface area (Å²) in [6.07, 6.45) is 2.90. The van der Waals surface area contributed by atoms with E-state index in [0.29, 0.717) is 0 Å². The van der Waals surface area contributed by atoms with Crippen LogP contribution in [0, 0.1) is 0 Å². The molecule has 0 atom stereocenters. The van der Waals surface area contributed by atoms with E-state index in [4.69, 9.17) is 4.74 Å². The van der Waals surface area contributed by atoms with E-state index in [2.05, 4.69) is 4.98 Å². The summed E-state index contributed by atoms with van der Waals surface area (Å²) in [6.45, 7) is 5.52. The van der Waals surface area contributed by atoms with Gasteiger partial charge >= 0.3 is 6.09 Å². The van der Waals surface area contributed by atoms with Crippen molar-refractivity contribution in [2.24, 2.45) is 0 Å². The van der Waals surface area contributed by atoms with Gasteiger partial charge in [-0.2, -0.15) is 0 Å². The predicted octanol–water partition coefficient (Wildman–Crippen LogP) is 2.07. The molecule has 5 heteroatoms. The third-order valence-electron chi connectivity index (χ3n) is 1.72. The number of nitrogens with zero attached hydrogens (tertiary/aromatic N) is 2. The quantitative estimate of drug-likeness (QED) is 0.713. The van der Waals surface area contributed by atoms with Crippen molar-refractivity contribution in [2.45, 2.75) is 26.4 Å². The van der Waals surface area contributed by atoms with Crippen molar-refractivity contribution in [3.8, 4) is 0 Å². The Bertz CT molecular complexity index is 336. The molecule has 0 fully saturated rings. The summed E-state index contributed by atoms with van der Waals surface area (Å²) in [4.78, 5) is 17.0. The number of amides is 1. The number of hydrogen-bond acceptors (Lipinski definition) is 3. The molecule has 1 radical (unpaired) electrons. The molecule has 0 bridgehead atoms. The number of ether oxygens (including phenoxy) is 1. The molecule has 0 saturated heterocycles. The monoisotopic (exact) mass is 247 g/mol. The maximum absolute atomic E-state index is 11.6.